The van der Waals surface area contributed by atoms with Crippen LogP contribution < -0.4 is 5.73 Å². The van der Waals surface area contributed by atoms with Crippen LogP contribution in [0.4, 0.5) is 5.82 Å². The van der Waals surface area contributed by atoms with Crippen LogP contribution in [0.15, 0.2) is 0 Å². The van der Waals surface area contributed by atoms with Crippen molar-refractivity contribution >= 4 is 5.82 Å². The third-order valence-corrected chi connectivity index (χ3v) is 2.94. The number of nitrogens with zero attached hydrogens (tertiary/aromatic N) is 2. The van der Waals surface area contributed by atoms with Gasteiger partial charge in [-0.1, -0.05) is 6.92 Å². The molecule has 0 aliphatic rings. The van der Waals surface area contributed by atoms with Crippen LogP contribution in [-0.2, 0) is 0 Å². The van der Waals surface area contributed by atoms with Crippen molar-refractivity contribution in [1.29, 1.82) is 5.26 Å². The van der Waals surface area contributed by atoms with Crippen LogP contribution >= 0.6 is 0 Å². The number of rotatable bonds is 2. The predicted octanol–water partition coefficient (Wildman–Crippen LogP) is 2.53. The van der Waals surface area contributed by atoms with Gasteiger partial charge in [0.15, 0.2) is 0 Å². The zero-order valence-electron chi connectivity index (χ0n) is 9.26. The van der Waals surface area contributed by atoms with E-state index in [2.05, 4.69) is 19.9 Å². The third-order valence-electron chi connectivity index (χ3n) is 2.94. The Hall–Kier alpha value is -1.43. The van der Waals surface area contributed by atoms with Crippen LogP contribution in [0.5, 0.6) is 0 Å². The highest BCUT2D eigenvalue weighted by atomic mass is 15.1. The molecule has 3 nitrogen and oxygen atoms in total. The van der Waals surface area contributed by atoms with Crippen molar-refractivity contribution in [2.75, 3.05) is 5.73 Å². The molecule has 0 aliphatic heterocycles. The first-order valence-corrected chi connectivity index (χ1v) is 4.91. The van der Waals surface area contributed by atoms with E-state index in [-0.39, 0.29) is 0 Å². The summed E-state index contributed by atoms with van der Waals surface area (Å²) in [5.41, 5.74) is 8.67. The number of nitrogens with two attached hydrogens (primary N) is 1. The maximum atomic E-state index is 8.95. The Kier molecular flexibility index (Phi) is 2.85. The number of hydrogen-bond acceptors (Lipinski definition) is 2. The molecule has 0 radical (unpaired) electrons. The maximum absolute atomic E-state index is 8.95. The third kappa shape index (κ3) is 1.37. The van der Waals surface area contributed by atoms with Crippen LogP contribution in [0.1, 0.15) is 43.1 Å². The lowest BCUT2D eigenvalue weighted by atomic mass is 10.2. The molecule has 0 spiro atoms. The van der Waals surface area contributed by atoms with Gasteiger partial charge in [0.2, 0.25) is 0 Å². The minimum absolute atomic E-state index is 0.357. The maximum Gasteiger partial charge on any atom is 0.122 e. The van der Waals surface area contributed by atoms with Gasteiger partial charge in [0.05, 0.1) is 5.56 Å². The van der Waals surface area contributed by atoms with E-state index in [1.54, 1.807) is 0 Å². The molecule has 0 aromatic carbocycles. The number of hydrogen-bond donors (Lipinski definition) is 1. The van der Waals surface area contributed by atoms with Gasteiger partial charge in [-0.05, 0) is 32.8 Å². The van der Waals surface area contributed by atoms with Crippen LogP contribution in [-0.4, -0.2) is 4.57 Å². The monoisotopic (exact) mass is 191 g/mol. The number of aromatic nitrogens is 1. The standard InChI is InChI=1S/C11H17N3/c1-5-7(2)14-9(4)8(3)10(6-12)11(14)13/h7H,5,13H2,1-4H3. The first kappa shape index (κ1) is 10.6. The minimum Gasteiger partial charge on any atom is -0.384 e. The predicted molar refractivity (Wildman–Crippen MR) is 58.0 cm³/mol. The van der Waals surface area contributed by atoms with Crippen molar-refractivity contribution in [3.05, 3.63) is 16.8 Å². The van der Waals surface area contributed by atoms with Gasteiger partial charge in [0, 0.05) is 11.7 Å². The summed E-state index contributed by atoms with van der Waals surface area (Å²) in [5, 5.41) is 8.95. The minimum atomic E-state index is 0.357. The highest BCUT2D eigenvalue weighted by Gasteiger charge is 2.17. The smallest absolute Gasteiger partial charge is 0.122 e. The van der Waals surface area contributed by atoms with Gasteiger partial charge >= 0.3 is 0 Å². The molecule has 1 atom stereocenters. The van der Waals surface area contributed by atoms with Gasteiger partial charge < -0.3 is 10.3 Å². The Balaban J connectivity index is 3.39. The van der Waals surface area contributed by atoms with E-state index in [4.69, 9.17) is 11.0 Å². The van der Waals surface area contributed by atoms with Crippen LogP contribution in [0, 0.1) is 25.2 Å². The number of nitrogen functional groups attached to an aromatic ring is 1. The molecule has 14 heavy (non-hydrogen) atoms. The Morgan fingerprint density at radius 3 is 2.43 bits per heavy atom. The van der Waals surface area contributed by atoms with Crippen molar-refractivity contribution in [1.82, 2.24) is 4.57 Å². The molecule has 1 heterocycles. The SMILES string of the molecule is CCC(C)n1c(C)c(C)c(C#N)c1N. The lowest BCUT2D eigenvalue weighted by molar-refractivity contribution is 0.528. The fourth-order valence-electron chi connectivity index (χ4n) is 1.75. The molecule has 1 aromatic rings. The molecule has 0 saturated carbocycles. The van der Waals surface area contributed by atoms with Gasteiger partial charge in [0.1, 0.15) is 11.9 Å². The second-order valence-corrected chi connectivity index (χ2v) is 3.71. The highest BCUT2D eigenvalue weighted by molar-refractivity contribution is 5.58. The normalized spacial score (nSPS) is 12.5. The molecule has 76 valence electrons. The van der Waals surface area contributed by atoms with Gasteiger partial charge in [-0.25, -0.2) is 0 Å². The summed E-state index contributed by atoms with van der Waals surface area (Å²) in [6.45, 7) is 8.19. The molecule has 2 N–H and O–H groups in total. The lowest BCUT2D eigenvalue weighted by Crippen LogP contribution is -2.09. The first-order chi connectivity index (χ1) is 6.54. The van der Waals surface area contributed by atoms with Crippen LogP contribution in [0.2, 0.25) is 0 Å². The molecule has 1 aromatic heterocycles. The van der Waals surface area contributed by atoms with Crippen molar-refractivity contribution in [3.8, 4) is 6.07 Å². The fraction of sp³-hybridized carbons (Fsp3) is 0.545. The molecule has 0 saturated heterocycles. The summed E-state index contributed by atoms with van der Waals surface area (Å²) in [5.74, 6) is 0.608. The van der Waals surface area contributed by atoms with Crippen molar-refractivity contribution in [3.63, 3.8) is 0 Å². The summed E-state index contributed by atoms with van der Waals surface area (Å²) in [6, 6.07) is 2.52. The van der Waals surface area contributed by atoms with Crippen molar-refractivity contribution in [2.24, 2.45) is 0 Å². The van der Waals surface area contributed by atoms with Gasteiger partial charge in [-0.2, -0.15) is 5.26 Å². The second kappa shape index (κ2) is 3.75. The molecule has 0 amide bonds. The van der Waals surface area contributed by atoms with Gasteiger partial charge in [-0.3, -0.25) is 0 Å². The van der Waals surface area contributed by atoms with E-state index >= 15 is 0 Å². The summed E-state index contributed by atoms with van der Waals surface area (Å²) in [7, 11) is 0. The largest absolute Gasteiger partial charge is 0.384 e. The first-order valence-electron chi connectivity index (χ1n) is 4.91. The lowest BCUT2D eigenvalue weighted by Gasteiger charge is -2.15. The van der Waals surface area contributed by atoms with E-state index in [1.165, 1.54) is 0 Å². The highest BCUT2D eigenvalue weighted by Crippen LogP contribution is 2.28. The summed E-state index contributed by atoms with van der Waals surface area (Å²) < 4.78 is 2.05. The summed E-state index contributed by atoms with van der Waals surface area (Å²) in [6.07, 6.45) is 1.02. The Bertz CT molecular complexity index is 382. The van der Waals surface area contributed by atoms with Gasteiger partial charge in [0.25, 0.3) is 0 Å². The molecule has 3 heteroatoms. The fourth-order valence-corrected chi connectivity index (χ4v) is 1.75. The Morgan fingerprint density at radius 1 is 1.50 bits per heavy atom. The number of anilines is 1. The van der Waals surface area contributed by atoms with E-state index in [9.17, 15) is 0 Å². The van der Waals surface area contributed by atoms with Crippen molar-refractivity contribution < 1.29 is 0 Å². The molecular weight excluding hydrogens is 174 g/mol. The van der Waals surface area contributed by atoms with E-state index in [0.29, 0.717) is 17.4 Å². The van der Waals surface area contributed by atoms with E-state index in [0.717, 1.165) is 17.7 Å². The second-order valence-electron chi connectivity index (χ2n) is 3.71. The van der Waals surface area contributed by atoms with Crippen LogP contribution in [0.25, 0.3) is 0 Å². The van der Waals surface area contributed by atoms with E-state index in [1.807, 2.05) is 18.4 Å². The topological polar surface area (TPSA) is 54.7 Å². The number of nitriles is 1. The Labute approximate surface area is 85.1 Å². The summed E-state index contributed by atoms with van der Waals surface area (Å²) >= 11 is 0. The zero-order valence-corrected chi connectivity index (χ0v) is 9.26. The zero-order chi connectivity index (χ0) is 10.9. The quantitative estimate of drug-likeness (QED) is 0.781. The molecule has 0 aliphatic carbocycles. The average molecular weight is 191 g/mol. The Morgan fingerprint density at radius 2 is 2.07 bits per heavy atom. The molecule has 0 fully saturated rings. The molecule has 0 bridgehead atoms. The average Bonchev–Trinajstić information content (AvgIpc) is 2.38. The molecule has 1 rings (SSSR count). The molecule has 1 unspecified atom stereocenters. The van der Waals surface area contributed by atoms with Crippen LogP contribution in [0.3, 0.4) is 0 Å². The summed E-state index contributed by atoms with van der Waals surface area (Å²) in [4.78, 5) is 0. The van der Waals surface area contributed by atoms with Crippen molar-refractivity contribution in [2.45, 2.75) is 40.2 Å². The molecular formula is C11H17N3. The van der Waals surface area contributed by atoms with E-state index < -0.39 is 0 Å². The van der Waals surface area contributed by atoms with Gasteiger partial charge in [-0.15, -0.1) is 0 Å².